The number of amides is 2. The second kappa shape index (κ2) is 5.75. The molecule has 5 nitrogen and oxygen atoms in total. The van der Waals surface area contributed by atoms with E-state index < -0.39 is 6.03 Å². The second-order valence-electron chi connectivity index (χ2n) is 3.34. The van der Waals surface area contributed by atoms with Crippen LogP contribution in [0, 0.1) is 0 Å². The van der Waals surface area contributed by atoms with Crippen LogP contribution in [0.25, 0.3) is 0 Å². The van der Waals surface area contributed by atoms with Gasteiger partial charge in [0, 0.05) is 0 Å². The van der Waals surface area contributed by atoms with Crippen molar-refractivity contribution < 1.29 is 9.59 Å². The van der Waals surface area contributed by atoms with Crippen molar-refractivity contribution in [3.63, 3.8) is 0 Å². The molecule has 1 atom stereocenters. The van der Waals surface area contributed by atoms with E-state index in [0.29, 0.717) is 0 Å². The minimum atomic E-state index is -0.852. The zero-order valence-electron chi connectivity index (χ0n) is 8.96. The van der Waals surface area contributed by atoms with Gasteiger partial charge in [-0.25, -0.2) is 4.79 Å². The van der Waals surface area contributed by atoms with Crippen molar-refractivity contribution >= 4 is 11.8 Å². The maximum Gasteiger partial charge on any atom is 0.356 e. The van der Waals surface area contributed by atoms with Gasteiger partial charge in [0.1, 0.15) is 5.78 Å². The van der Waals surface area contributed by atoms with Crippen molar-refractivity contribution in [1.82, 2.24) is 0 Å². The van der Waals surface area contributed by atoms with Crippen molar-refractivity contribution in [3.8, 4) is 0 Å². The Morgan fingerprint density at radius 3 is 2.44 bits per heavy atom. The highest BCUT2D eigenvalue weighted by Crippen LogP contribution is 2.16. The van der Waals surface area contributed by atoms with Gasteiger partial charge in [-0.15, -0.1) is 0 Å². The van der Waals surface area contributed by atoms with Gasteiger partial charge in [0.25, 0.3) is 0 Å². The molecule has 1 aromatic carbocycles. The van der Waals surface area contributed by atoms with Gasteiger partial charge in [0.2, 0.25) is 0 Å². The van der Waals surface area contributed by atoms with E-state index in [1.807, 2.05) is 30.3 Å². The van der Waals surface area contributed by atoms with Crippen LogP contribution in [0.5, 0.6) is 0 Å². The first-order valence-electron chi connectivity index (χ1n) is 4.83. The summed E-state index contributed by atoms with van der Waals surface area (Å²) >= 11 is 0. The fraction of sp³-hybridized carbons (Fsp3) is 0.273. The van der Waals surface area contributed by atoms with Crippen LogP contribution in [0.1, 0.15) is 18.4 Å². The normalized spacial score (nSPS) is 12.6. The Morgan fingerprint density at radius 1 is 1.31 bits per heavy atom. The Morgan fingerprint density at radius 2 is 1.94 bits per heavy atom. The quantitative estimate of drug-likeness (QED) is 0.784. The molecule has 0 spiro atoms. The standard InChI is InChI=1S/C11H13N3O2/c1-8(15)10(7-13-14-11(12)16)9-5-3-2-4-6-9/h2-6,10H,7H2,1H3,(H2,12,16)/t10-/m1/s1. The monoisotopic (exact) mass is 219 g/mol. The molecule has 2 N–H and O–H groups in total. The van der Waals surface area contributed by atoms with Crippen LogP contribution in [0.4, 0.5) is 4.79 Å². The molecule has 0 unspecified atom stereocenters. The van der Waals surface area contributed by atoms with Gasteiger partial charge in [-0.05, 0) is 12.5 Å². The molecular weight excluding hydrogens is 206 g/mol. The average Bonchev–Trinajstić information content (AvgIpc) is 2.25. The molecule has 0 saturated heterocycles. The molecular formula is C11H13N3O2. The van der Waals surface area contributed by atoms with E-state index in [1.54, 1.807) is 0 Å². The summed E-state index contributed by atoms with van der Waals surface area (Å²) in [5.41, 5.74) is 5.67. The topological polar surface area (TPSA) is 84.9 Å². The highest BCUT2D eigenvalue weighted by Gasteiger charge is 2.15. The molecule has 0 aromatic heterocycles. The summed E-state index contributed by atoms with van der Waals surface area (Å²) < 4.78 is 0. The zero-order valence-corrected chi connectivity index (χ0v) is 8.96. The summed E-state index contributed by atoms with van der Waals surface area (Å²) in [6, 6.07) is 8.38. The third-order valence-electron chi connectivity index (χ3n) is 2.13. The lowest BCUT2D eigenvalue weighted by Crippen LogP contribution is -2.12. The minimum absolute atomic E-state index is 0.0189. The Balaban J connectivity index is 2.77. The zero-order chi connectivity index (χ0) is 12.0. The number of nitrogens with two attached hydrogens (primary N) is 1. The number of carbonyl (C=O) groups is 2. The van der Waals surface area contributed by atoms with Crippen LogP contribution in [0.3, 0.4) is 0 Å². The summed E-state index contributed by atoms with van der Waals surface area (Å²) in [4.78, 5) is 21.8. The van der Waals surface area contributed by atoms with E-state index in [2.05, 4.69) is 10.2 Å². The Labute approximate surface area is 93.4 Å². The van der Waals surface area contributed by atoms with Gasteiger partial charge in [-0.2, -0.15) is 5.11 Å². The third-order valence-corrected chi connectivity index (χ3v) is 2.13. The SMILES string of the molecule is CC(=O)[C@@H](CN=NC(N)=O)c1ccccc1. The van der Waals surface area contributed by atoms with E-state index in [4.69, 9.17) is 5.73 Å². The number of azo groups is 1. The molecule has 0 radical (unpaired) electrons. The van der Waals surface area contributed by atoms with E-state index in [1.165, 1.54) is 6.92 Å². The largest absolute Gasteiger partial charge is 0.356 e. The molecule has 0 aliphatic rings. The summed E-state index contributed by atoms with van der Waals surface area (Å²) in [7, 11) is 0. The molecule has 16 heavy (non-hydrogen) atoms. The van der Waals surface area contributed by atoms with Crippen molar-refractivity contribution in [1.29, 1.82) is 0 Å². The van der Waals surface area contributed by atoms with Crippen molar-refractivity contribution in [2.45, 2.75) is 12.8 Å². The van der Waals surface area contributed by atoms with Gasteiger partial charge < -0.3 is 5.73 Å². The fourth-order valence-electron chi connectivity index (χ4n) is 1.35. The fourth-order valence-corrected chi connectivity index (χ4v) is 1.35. The molecule has 1 rings (SSSR count). The first kappa shape index (κ1) is 12.0. The molecule has 0 aliphatic carbocycles. The maximum atomic E-state index is 11.4. The van der Waals surface area contributed by atoms with Crippen molar-refractivity contribution in [2.75, 3.05) is 6.54 Å². The number of urea groups is 1. The Bertz CT molecular complexity index is 401. The number of rotatable bonds is 4. The lowest BCUT2D eigenvalue weighted by atomic mass is 9.96. The number of benzene rings is 1. The smallest absolute Gasteiger partial charge is 0.348 e. The number of hydrogen-bond acceptors (Lipinski definition) is 3. The first-order chi connectivity index (χ1) is 7.61. The van der Waals surface area contributed by atoms with E-state index in [0.717, 1.165) is 5.56 Å². The predicted octanol–water partition coefficient (Wildman–Crippen LogP) is 1.89. The Hall–Kier alpha value is -2.04. The van der Waals surface area contributed by atoms with Crippen LogP contribution in [0.15, 0.2) is 40.6 Å². The molecule has 84 valence electrons. The minimum Gasteiger partial charge on any atom is -0.348 e. The van der Waals surface area contributed by atoms with Crippen molar-refractivity contribution in [2.24, 2.45) is 16.0 Å². The van der Waals surface area contributed by atoms with Crippen LogP contribution in [-0.4, -0.2) is 18.4 Å². The van der Waals surface area contributed by atoms with Gasteiger partial charge in [-0.3, -0.25) is 4.79 Å². The molecule has 2 amide bonds. The second-order valence-corrected chi connectivity index (χ2v) is 3.34. The number of hydrogen-bond donors (Lipinski definition) is 1. The lowest BCUT2D eigenvalue weighted by molar-refractivity contribution is -0.118. The number of primary amides is 1. The first-order valence-corrected chi connectivity index (χ1v) is 4.83. The highest BCUT2D eigenvalue weighted by atomic mass is 16.2. The van der Waals surface area contributed by atoms with Gasteiger partial charge in [0.15, 0.2) is 0 Å². The van der Waals surface area contributed by atoms with Crippen LogP contribution in [0.2, 0.25) is 0 Å². The summed E-state index contributed by atoms with van der Waals surface area (Å²) in [6.07, 6.45) is 0. The number of ketones is 1. The van der Waals surface area contributed by atoms with E-state index in [9.17, 15) is 9.59 Å². The molecule has 0 heterocycles. The average molecular weight is 219 g/mol. The lowest BCUT2D eigenvalue weighted by Gasteiger charge is -2.10. The van der Waals surface area contributed by atoms with Gasteiger partial charge in [0.05, 0.1) is 12.5 Å². The van der Waals surface area contributed by atoms with Crippen LogP contribution >= 0.6 is 0 Å². The number of nitrogens with zero attached hydrogens (tertiary/aromatic N) is 2. The number of Topliss-reactive ketones (excluding diaryl/α,β-unsaturated/α-hetero) is 1. The molecule has 0 saturated carbocycles. The summed E-state index contributed by atoms with van der Waals surface area (Å²) in [5, 5.41) is 6.78. The van der Waals surface area contributed by atoms with E-state index in [-0.39, 0.29) is 18.2 Å². The molecule has 0 fully saturated rings. The molecule has 5 heteroatoms. The third kappa shape index (κ3) is 3.61. The van der Waals surface area contributed by atoms with Crippen molar-refractivity contribution in [3.05, 3.63) is 35.9 Å². The Kier molecular flexibility index (Phi) is 4.32. The van der Waals surface area contributed by atoms with E-state index >= 15 is 0 Å². The highest BCUT2D eigenvalue weighted by molar-refractivity contribution is 5.83. The molecule has 0 bridgehead atoms. The maximum absolute atomic E-state index is 11.4. The summed E-state index contributed by atoms with van der Waals surface area (Å²) in [5.74, 6) is -0.390. The number of carbonyl (C=O) groups excluding carboxylic acids is 2. The van der Waals surface area contributed by atoms with Gasteiger partial charge in [-0.1, -0.05) is 35.4 Å². The van der Waals surface area contributed by atoms with Crippen LogP contribution in [-0.2, 0) is 4.79 Å². The molecule has 0 aliphatic heterocycles. The predicted molar refractivity (Wildman–Crippen MR) is 59.2 cm³/mol. The molecule has 1 aromatic rings. The van der Waals surface area contributed by atoms with Crippen LogP contribution < -0.4 is 5.73 Å². The summed E-state index contributed by atoms with van der Waals surface area (Å²) in [6.45, 7) is 1.62. The van der Waals surface area contributed by atoms with Gasteiger partial charge >= 0.3 is 6.03 Å².